The van der Waals surface area contributed by atoms with Crippen LogP contribution in [-0.4, -0.2) is 63.0 Å². The van der Waals surface area contributed by atoms with E-state index in [0.29, 0.717) is 0 Å². The number of nitrogens with two attached hydrogens (primary N) is 1. The molecule has 2 rings (SSSR count). The summed E-state index contributed by atoms with van der Waals surface area (Å²) in [5.74, 6) is -0.816. The third-order valence-corrected chi connectivity index (χ3v) is 7.59. The number of benzene rings is 1. The van der Waals surface area contributed by atoms with Gasteiger partial charge in [-0.25, -0.2) is 16.8 Å². The zero-order valence-corrected chi connectivity index (χ0v) is 14.6. The van der Waals surface area contributed by atoms with Crippen LogP contribution in [0.1, 0.15) is 12.5 Å². The van der Waals surface area contributed by atoms with E-state index < -0.39 is 37.8 Å². The predicted molar refractivity (Wildman–Crippen MR) is 87.2 cm³/mol. The van der Waals surface area contributed by atoms with E-state index in [1.54, 1.807) is 12.1 Å². The van der Waals surface area contributed by atoms with Crippen LogP contribution in [0.15, 0.2) is 29.2 Å². The number of rotatable bonds is 6. The summed E-state index contributed by atoms with van der Waals surface area (Å²) in [7, 11) is -7.38. The summed E-state index contributed by atoms with van der Waals surface area (Å²) in [4.78, 5) is 0.0691. The molecule has 2 atom stereocenters. The monoisotopic (exact) mass is 362 g/mol. The van der Waals surface area contributed by atoms with Gasteiger partial charge in [0.25, 0.3) is 0 Å². The Bertz CT molecular complexity index is 744. The Balaban J connectivity index is 2.39. The number of hydrogen-bond acceptors (Lipinski definition) is 6. The molecule has 0 aromatic heterocycles. The highest BCUT2D eigenvalue weighted by Crippen LogP contribution is 2.25. The molecule has 1 saturated heterocycles. The van der Waals surface area contributed by atoms with Crippen molar-refractivity contribution in [3.63, 3.8) is 0 Å². The quantitative estimate of drug-likeness (QED) is 0.695. The molecule has 1 aromatic carbocycles. The normalized spacial score (nSPS) is 24.2. The first kappa shape index (κ1) is 18.3. The molecular weight excluding hydrogens is 340 g/mol. The van der Waals surface area contributed by atoms with Crippen molar-refractivity contribution in [2.45, 2.75) is 30.4 Å². The zero-order chi connectivity index (χ0) is 17.3. The van der Waals surface area contributed by atoms with Crippen molar-refractivity contribution in [3.8, 4) is 0 Å². The molecule has 0 spiro atoms. The Kier molecular flexibility index (Phi) is 5.47. The molecule has 0 bridgehead atoms. The molecular formula is C14H22N2O5S2. The molecule has 1 aromatic rings. The Morgan fingerprint density at radius 1 is 1.26 bits per heavy atom. The highest BCUT2D eigenvalue weighted by atomic mass is 32.2. The van der Waals surface area contributed by atoms with Gasteiger partial charge in [-0.05, 0) is 24.1 Å². The second kappa shape index (κ2) is 6.86. The van der Waals surface area contributed by atoms with E-state index in [4.69, 9.17) is 5.73 Å². The summed E-state index contributed by atoms with van der Waals surface area (Å²) in [5, 5.41) is 9.99. The fourth-order valence-corrected chi connectivity index (χ4v) is 6.27. The van der Waals surface area contributed by atoms with Crippen LogP contribution < -0.4 is 5.73 Å². The van der Waals surface area contributed by atoms with Gasteiger partial charge in [-0.2, -0.15) is 4.31 Å². The molecule has 1 fully saturated rings. The smallest absolute Gasteiger partial charge is 0.243 e. The van der Waals surface area contributed by atoms with Crippen molar-refractivity contribution in [1.29, 1.82) is 0 Å². The predicted octanol–water partition coefficient (Wildman–Crippen LogP) is -0.644. The number of hydrogen-bond donors (Lipinski definition) is 2. The number of aryl methyl sites for hydroxylation is 1. The van der Waals surface area contributed by atoms with Gasteiger partial charge in [0.05, 0.1) is 28.5 Å². The van der Waals surface area contributed by atoms with Crippen LogP contribution in [0.3, 0.4) is 0 Å². The molecule has 0 unspecified atom stereocenters. The molecule has 1 aliphatic rings. The minimum Gasteiger partial charge on any atom is -0.390 e. The van der Waals surface area contributed by atoms with Crippen LogP contribution in [0.2, 0.25) is 0 Å². The van der Waals surface area contributed by atoms with Crippen molar-refractivity contribution in [1.82, 2.24) is 4.31 Å². The fraction of sp³-hybridized carbons (Fsp3) is 0.571. The van der Waals surface area contributed by atoms with Crippen LogP contribution in [0.25, 0.3) is 0 Å². The molecule has 7 nitrogen and oxygen atoms in total. The Labute approximate surface area is 137 Å². The largest absolute Gasteiger partial charge is 0.390 e. The molecule has 9 heteroatoms. The van der Waals surface area contributed by atoms with E-state index in [2.05, 4.69) is 0 Å². The second-order valence-electron chi connectivity index (χ2n) is 5.61. The lowest BCUT2D eigenvalue weighted by atomic mass is 10.2. The maximum atomic E-state index is 12.8. The zero-order valence-electron chi connectivity index (χ0n) is 12.9. The minimum absolute atomic E-state index is 0.0372. The third-order valence-electron chi connectivity index (χ3n) is 3.95. The van der Waals surface area contributed by atoms with Crippen molar-refractivity contribution in [2.24, 2.45) is 5.73 Å². The third kappa shape index (κ3) is 3.92. The Morgan fingerprint density at radius 2 is 1.87 bits per heavy atom. The number of nitrogens with zero attached hydrogens (tertiary/aromatic N) is 1. The van der Waals surface area contributed by atoms with E-state index >= 15 is 0 Å². The van der Waals surface area contributed by atoms with Gasteiger partial charge in [0.15, 0.2) is 9.84 Å². The summed E-state index contributed by atoms with van der Waals surface area (Å²) in [6.07, 6.45) is -0.455. The first-order valence-electron chi connectivity index (χ1n) is 7.40. The molecule has 0 aliphatic carbocycles. The highest BCUT2D eigenvalue weighted by Gasteiger charge is 2.44. The van der Waals surface area contributed by atoms with Gasteiger partial charge in [0.1, 0.15) is 0 Å². The standard InChI is InChI=1S/C14H22N2O5S2/c1-2-11-3-5-12(6-4-11)23(20,21)16(8-7-15)13-9-22(18,19)10-14(13)17/h3-6,13-14,17H,2,7-10,15H2,1H3/t13-,14+/m0/s1. The van der Waals surface area contributed by atoms with Crippen LogP contribution in [0, 0.1) is 0 Å². The first-order chi connectivity index (χ1) is 10.7. The lowest BCUT2D eigenvalue weighted by Crippen LogP contribution is -2.48. The average Bonchev–Trinajstić information content (AvgIpc) is 2.77. The van der Waals surface area contributed by atoms with Crippen LogP contribution in [-0.2, 0) is 26.3 Å². The molecule has 1 heterocycles. The molecule has 3 N–H and O–H groups in total. The highest BCUT2D eigenvalue weighted by molar-refractivity contribution is 7.92. The topological polar surface area (TPSA) is 118 Å². The number of aliphatic hydroxyl groups is 1. The van der Waals surface area contributed by atoms with Gasteiger partial charge in [0.2, 0.25) is 10.0 Å². The van der Waals surface area contributed by atoms with E-state index in [1.165, 1.54) is 12.1 Å². The maximum absolute atomic E-state index is 12.8. The van der Waals surface area contributed by atoms with Crippen LogP contribution in [0.5, 0.6) is 0 Å². The summed E-state index contributed by atoms with van der Waals surface area (Å²) < 4.78 is 50.1. The van der Waals surface area contributed by atoms with Gasteiger partial charge in [-0.1, -0.05) is 19.1 Å². The Hall–Kier alpha value is -1.00. The molecule has 23 heavy (non-hydrogen) atoms. The van der Waals surface area contributed by atoms with Gasteiger partial charge in [-0.3, -0.25) is 0 Å². The van der Waals surface area contributed by atoms with Crippen LogP contribution in [0.4, 0.5) is 0 Å². The van der Waals surface area contributed by atoms with Gasteiger partial charge in [0, 0.05) is 13.1 Å². The summed E-state index contributed by atoms with van der Waals surface area (Å²) >= 11 is 0. The van der Waals surface area contributed by atoms with Crippen molar-refractivity contribution >= 4 is 19.9 Å². The van der Waals surface area contributed by atoms with E-state index in [-0.39, 0.29) is 23.7 Å². The summed E-state index contributed by atoms with van der Waals surface area (Å²) in [5.41, 5.74) is 6.49. The number of aliphatic hydroxyl groups excluding tert-OH is 1. The SMILES string of the molecule is CCc1ccc(S(=O)(=O)N(CCN)[C@H]2CS(=O)(=O)C[C@H]2O)cc1. The van der Waals surface area contributed by atoms with Crippen molar-refractivity contribution < 1.29 is 21.9 Å². The summed E-state index contributed by atoms with van der Waals surface area (Å²) in [6, 6.07) is 5.42. The van der Waals surface area contributed by atoms with Crippen LogP contribution >= 0.6 is 0 Å². The lowest BCUT2D eigenvalue weighted by molar-refractivity contribution is 0.129. The lowest BCUT2D eigenvalue weighted by Gasteiger charge is -2.29. The average molecular weight is 362 g/mol. The second-order valence-corrected chi connectivity index (χ2v) is 9.66. The molecule has 0 saturated carbocycles. The molecule has 0 radical (unpaired) electrons. The van der Waals surface area contributed by atoms with Gasteiger partial charge >= 0.3 is 0 Å². The number of sulfonamides is 1. The van der Waals surface area contributed by atoms with E-state index in [1.807, 2.05) is 6.92 Å². The molecule has 0 amide bonds. The summed E-state index contributed by atoms with van der Waals surface area (Å²) in [6.45, 7) is 1.95. The van der Waals surface area contributed by atoms with Gasteiger partial charge in [-0.15, -0.1) is 0 Å². The van der Waals surface area contributed by atoms with E-state index in [9.17, 15) is 21.9 Å². The van der Waals surface area contributed by atoms with E-state index in [0.717, 1.165) is 16.3 Å². The molecule has 1 aliphatic heterocycles. The molecule has 130 valence electrons. The number of sulfone groups is 1. The fourth-order valence-electron chi connectivity index (χ4n) is 2.71. The van der Waals surface area contributed by atoms with Crippen molar-refractivity contribution in [3.05, 3.63) is 29.8 Å². The minimum atomic E-state index is -3.93. The first-order valence-corrected chi connectivity index (χ1v) is 10.7. The Morgan fingerprint density at radius 3 is 2.30 bits per heavy atom. The maximum Gasteiger partial charge on any atom is 0.243 e. The van der Waals surface area contributed by atoms with Gasteiger partial charge < -0.3 is 10.8 Å². The van der Waals surface area contributed by atoms with Crippen molar-refractivity contribution in [2.75, 3.05) is 24.6 Å².